The molecule has 25 heavy (non-hydrogen) atoms. The molecule has 0 saturated carbocycles. The summed E-state index contributed by atoms with van der Waals surface area (Å²) in [6.07, 6.45) is 1.65. The molecule has 2 N–H and O–H groups in total. The fraction of sp³-hybridized carbons (Fsp3) is 0.278. The van der Waals surface area contributed by atoms with Gasteiger partial charge in [-0.3, -0.25) is 4.79 Å². The van der Waals surface area contributed by atoms with E-state index >= 15 is 0 Å². The lowest BCUT2D eigenvalue weighted by atomic mass is 10.1. The minimum absolute atomic E-state index is 0.0891. The fourth-order valence-corrected chi connectivity index (χ4v) is 3.44. The molecular formula is C18H21ClN2O3S. The molecule has 0 spiro atoms. The van der Waals surface area contributed by atoms with Crippen molar-refractivity contribution in [1.29, 1.82) is 0 Å². The maximum Gasteiger partial charge on any atom is 0.241 e. The van der Waals surface area contributed by atoms with Crippen LogP contribution in [0.3, 0.4) is 0 Å². The minimum Gasteiger partial charge on any atom is -0.355 e. The largest absolute Gasteiger partial charge is 0.355 e. The lowest BCUT2D eigenvalue weighted by Gasteiger charge is -2.09. The van der Waals surface area contributed by atoms with Crippen LogP contribution in [0.1, 0.15) is 17.5 Å². The molecule has 134 valence electrons. The van der Waals surface area contributed by atoms with Gasteiger partial charge in [-0.05, 0) is 49.1 Å². The fourth-order valence-electron chi connectivity index (χ4n) is 2.26. The van der Waals surface area contributed by atoms with Gasteiger partial charge in [-0.1, -0.05) is 41.9 Å². The van der Waals surface area contributed by atoms with Gasteiger partial charge in [-0.25, -0.2) is 13.1 Å². The van der Waals surface area contributed by atoms with E-state index in [9.17, 15) is 13.2 Å². The average molecular weight is 381 g/mol. The number of benzene rings is 2. The van der Waals surface area contributed by atoms with Crippen molar-refractivity contribution in [2.75, 3.05) is 13.1 Å². The van der Waals surface area contributed by atoms with Crippen LogP contribution in [0.5, 0.6) is 0 Å². The Kier molecular flexibility index (Phi) is 6.99. The standard InChI is InChI=1S/C18H21ClN2O3S/c1-14-12-16(9-10-17(14)19)25(23,24)21-13-18(22)20-11-5-8-15-6-3-2-4-7-15/h2-4,6-7,9-10,12,21H,5,8,11,13H2,1H3,(H,20,22). The summed E-state index contributed by atoms with van der Waals surface area (Å²) in [6, 6.07) is 14.4. The van der Waals surface area contributed by atoms with Crippen LogP contribution in [-0.4, -0.2) is 27.4 Å². The number of halogens is 1. The molecule has 0 unspecified atom stereocenters. The number of sulfonamides is 1. The Balaban J connectivity index is 1.76. The second-order valence-corrected chi connectivity index (χ2v) is 7.85. The first kappa shape index (κ1) is 19.4. The van der Waals surface area contributed by atoms with Crippen molar-refractivity contribution < 1.29 is 13.2 Å². The molecule has 0 saturated heterocycles. The predicted molar refractivity (Wildman–Crippen MR) is 99.2 cm³/mol. The van der Waals surface area contributed by atoms with Gasteiger partial charge in [0.05, 0.1) is 11.4 Å². The van der Waals surface area contributed by atoms with E-state index in [0.29, 0.717) is 17.1 Å². The van der Waals surface area contributed by atoms with Gasteiger partial charge in [0.1, 0.15) is 0 Å². The van der Waals surface area contributed by atoms with Crippen LogP contribution in [0.2, 0.25) is 5.02 Å². The highest BCUT2D eigenvalue weighted by molar-refractivity contribution is 7.89. The molecule has 1 amide bonds. The molecule has 0 fully saturated rings. The monoisotopic (exact) mass is 380 g/mol. The van der Waals surface area contributed by atoms with Gasteiger partial charge in [0.2, 0.25) is 15.9 Å². The van der Waals surface area contributed by atoms with Crippen LogP contribution >= 0.6 is 11.6 Å². The molecule has 0 atom stereocenters. The smallest absolute Gasteiger partial charge is 0.241 e. The quantitative estimate of drug-likeness (QED) is 0.691. The summed E-state index contributed by atoms with van der Waals surface area (Å²) in [7, 11) is -3.74. The Labute approximate surface area is 153 Å². The van der Waals surface area contributed by atoms with Crippen LogP contribution in [-0.2, 0) is 21.2 Å². The third-order valence-corrected chi connectivity index (χ3v) is 5.49. The second-order valence-electron chi connectivity index (χ2n) is 5.67. The van der Waals surface area contributed by atoms with Crippen molar-refractivity contribution in [3.63, 3.8) is 0 Å². The van der Waals surface area contributed by atoms with Crippen LogP contribution < -0.4 is 10.0 Å². The number of nitrogens with one attached hydrogen (secondary N) is 2. The second kappa shape index (κ2) is 8.99. The van der Waals surface area contributed by atoms with Crippen molar-refractivity contribution in [1.82, 2.24) is 10.0 Å². The van der Waals surface area contributed by atoms with Crippen molar-refractivity contribution >= 4 is 27.5 Å². The molecule has 2 aromatic rings. The Bertz CT molecular complexity index is 823. The van der Waals surface area contributed by atoms with Crippen LogP contribution in [0, 0.1) is 6.92 Å². The maximum absolute atomic E-state index is 12.2. The third kappa shape index (κ3) is 6.16. The van der Waals surface area contributed by atoms with E-state index in [4.69, 9.17) is 11.6 Å². The number of aryl methyl sites for hydroxylation is 2. The summed E-state index contributed by atoms with van der Waals surface area (Å²) in [6.45, 7) is 1.92. The Hall–Kier alpha value is -1.89. The lowest BCUT2D eigenvalue weighted by molar-refractivity contribution is -0.119. The molecule has 0 aliphatic carbocycles. The lowest BCUT2D eigenvalue weighted by Crippen LogP contribution is -2.37. The van der Waals surface area contributed by atoms with Gasteiger partial charge in [-0.2, -0.15) is 0 Å². The molecule has 0 aromatic heterocycles. The normalized spacial score (nSPS) is 11.3. The van der Waals surface area contributed by atoms with Crippen molar-refractivity contribution in [2.45, 2.75) is 24.7 Å². The molecule has 0 radical (unpaired) electrons. The summed E-state index contributed by atoms with van der Waals surface area (Å²) in [5.74, 6) is -0.359. The van der Waals surface area contributed by atoms with Crippen LogP contribution in [0.25, 0.3) is 0 Å². The van der Waals surface area contributed by atoms with E-state index in [-0.39, 0.29) is 17.3 Å². The first-order valence-corrected chi connectivity index (χ1v) is 9.81. The zero-order valence-corrected chi connectivity index (χ0v) is 15.5. The van der Waals surface area contributed by atoms with Crippen molar-refractivity contribution in [3.8, 4) is 0 Å². The molecule has 0 aliphatic heterocycles. The summed E-state index contributed by atoms with van der Waals surface area (Å²) in [5, 5.41) is 3.21. The first-order valence-electron chi connectivity index (χ1n) is 7.95. The highest BCUT2D eigenvalue weighted by Crippen LogP contribution is 2.19. The van der Waals surface area contributed by atoms with E-state index < -0.39 is 10.0 Å². The molecule has 2 rings (SSSR count). The van der Waals surface area contributed by atoms with E-state index in [1.54, 1.807) is 6.92 Å². The molecule has 0 heterocycles. The van der Waals surface area contributed by atoms with Gasteiger partial charge in [-0.15, -0.1) is 0 Å². The number of carbonyl (C=O) groups excluding carboxylic acids is 1. The number of amides is 1. The van der Waals surface area contributed by atoms with Crippen LogP contribution in [0.15, 0.2) is 53.4 Å². The van der Waals surface area contributed by atoms with Gasteiger partial charge >= 0.3 is 0 Å². The highest BCUT2D eigenvalue weighted by Gasteiger charge is 2.16. The van der Waals surface area contributed by atoms with Crippen molar-refractivity contribution in [2.24, 2.45) is 0 Å². The SMILES string of the molecule is Cc1cc(S(=O)(=O)NCC(=O)NCCCc2ccccc2)ccc1Cl. The summed E-state index contributed by atoms with van der Waals surface area (Å²) in [4.78, 5) is 11.9. The third-order valence-electron chi connectivity index (χ3n) is 3.67. The molecule has 0 bridgehead atoms. The zero-order chi connectivity index (χ0) is 18.3. The summed E-state index contributed by atoms with van der Waals surface area (Å²) < 4.78 is 26.7. The molecular weight excluding hydrogens is 360 g/mol. The molecule has 0 aliphatic rings. The number of rotatable bonds is 8. The maximum atomic E-state index is 12.2. The summed E-state index contributed by atoms with van der Waals surface area (Å²) >= 11 is 5.89. The van der Waals surface area contributed by atoms with Gasteiger partial charge in [0.15, 0.2) is 0 Å². The Morgan fingerprint density at radius 3 is 2.52 bits per heavy atom. The van der Waals surface area contributed by atoms with Gasteiger partial charge < -0.3 is 5.32 Å². The van der Waals surface area contributed by atoms with Crippen molar-refractivity contribution in [3.05, 3.63) is 64.7 Å². The van der Waals surface area contributed by atoms with Gasteiger partial charge in [0, 0.05) is 11.6 Å². The van der Waals surface area contributed by atoms with E-state index in [1.165, 1.54) is 23.8 Å². The van der Waals surface area contributed by atoms with Crippen LogP contribution in [0.4, 0.5) is 0 Å². The predicted octanol–water partition coefficient (Wildman–Crippen LogP) is 2.68. The summed E-state index contributed by atoms with van der Waals surface area (Å²) in [5.41, 5.74) is 1.87. The Morgan fingerprint density at radius 1 is 1.12 bits per heavy atom. The van der Waals surface area contributed by atoms with E-state index in [0.717, 1.165) is 12.8 Å². The minimum atomic E-state index is -3.74. The Morgan fingerprint density at radius 2 is 1.84 bits per heavy atom. The highest BCUT2D eigenvalue weighted by atomic mass is 35.5. The number of hydrogen-bond acceptors (Lipinski definition) is 3. The number of hydrogen-bond donors (Lipinski definition) is 2. The van der Waals surface area contributed by atoms with Gasteiger partial charge in [0.25, 0.3) is 0 Å². The first-order chi connectivity index (χ1) is 11.9. The zero-order valence-electron chi connectivity index (χ0n) is 14.0. The molecule has 5 nitrogen and oxygen atoms in total. The molecule has 7 heteroatoms. The van der Waals surface area contributed by atoms with E-state index in [1.807, 2.05) is 30.3 Å². The molecule has 2 aromatic carbocycles. The number of carbonyl (C=O) groups is 1. The van der Waals surface area contributed by atoms with E-state index in [2.05, 4.69) is 10.0 Å². The topological polar surface area (TPSA) is 75.3 Å². The average Bonchev–Trinajstić information content (AvgIpc) is 2.60.